The minimum Gasteiger partial charge on any atom is -0.314 e. The summed E-state index contributed by atoms with van der Waals surface area (Å²) in [7, 11) is 0. The van der Waals surface area contributed by atoms with E-state index in [9.17, 15) is 13.2 Å². The average Bonchev–Trinajstić information content (AvgIpc) is 2.26. The van der Waals surface area contributed by atoms with Gasteiger partial charge in [0, 0.05) is 19.0 Å². The fourth-order valence-corrected chi connectivity index (χ4v) is 2.57. The second kappa shape index (κ2) is 7.34. The fraction of sp³-hybridized carbons (Fsp3) is 1.00. The van der Waals surface area contributed by atoms with Crippen LogP contribution >= 0.6 is 0 Å². The maximum atomic E-state index is 12.1. The Hall–Kier alpha value is -0.290. The van der Waals surface area contributed by atoms with Crippen LogP contribution in [0.4, 0.5) is 13.2 Å². The van der Waals surface area contributed by atoms with Gasteiger partial charge in [-0.1, -0.05) is 13.8 Å². The molecule has 5 heteroatoms. The smallest absolute Gasteiger partial charge is 0.314 e. The molecule has 1 fully saturated rings. The van der Waals surface area contributed by atoms with Crippen molar-refractivity contribution in [3.05, 3.63) is 0 Å². The van der Waals surface area contributed by atoms with E-state index in [4.69, 9.17) is 0 Å². The van der Waals surface area contributed by atoms with E-state index in [2.05, 4.69) is 24.1 Å². The topological polar surface area (TPSA) is 15.3 Å². The van der Waals surface area contributed by atoms with Crippen LogP contribution in [-0.2, 0) is 0 Å². The Kier molecular flexibility index (Phi) is 6.43. The standard InChI is InChI=1S/C13H25F3N2/c1-3-7-17-12-5-9-18(10-11(12)2)8-4-6-13(14,15)16/h11-12,17H,3-10H2,1-2H3. The maximum Gasteiger partial charge on any atom is 0.389 e. The van der Waals surface area contributed by atoms with Gasteiger partial charge >= 0.3 is 6.18 Å². The molecule has 2 nitrogen and oxygen atoms in total. The first-order valence-electron chi connectivity index (χ1n) is 6.95. The molecule has 1 aliphatic rings. The van der Waals surface area contributed by atoms with E-state index in [-0.39, 0.29) is 6.42 Å². The van der Waals surface area contributed by atoms with E-state index in [0.717, 1.165) is 32.5 Å². The molecule has 108 valence electrons. The number of alkyl halides is 3. The molecule has 1 heterocycles. The molecule has 0 amide bonds. The van der Waals surface area contributed by atoms with Gasteiger partial charge in [0.25, 0.3) is 0 Å². The monoisotopic (exact) mass is 266 g/mol. The number of nitrogens with zero attached hydrogens (tertiary/aromatic N) is 1. The third-order valence-electron chi connectivity index (χ3n) is 3.58. The molecule has 0 bridgehead atoms. The summed E-state index contributed by atoms with van der Waals surface area (Å²) in [6.07, 6.45) is -2.27. The van der Waals surface area contributed by atoms with Gasteiger partial charge in [-0.2, -0.15) is 13.2 Å². The van der Waals surface area contributed by atoms with Gasteiger partial charge in [0.2, 0.25) is 0 Å². The number of halogens is 3. The van der Waals surface area contributed by atoms with Crippen LogP contribution in [0, 0.1) is 5.92 Å². The molecule has 0 aromatic heterocycles. The van der Waals surface area contributed by atoms with Crippen molar-refractivity contribution in [3.8, 4) is 0 Å². The molecule has 2 unspecified atom stereocenters. The van der Waals surface area contributed by atoms with Crippen molar-refractivity contribution >= 4 is 0 Å². The molecule has 0 saturated carbocycles. The lowest BCUT2D eigenvalue weighted by molar-refractivity contribution is -0.136. The molecule has 1 N–H and O–H groups in total. The van der Waals surface area contributed by atoms with Gasteiger partial charge in [0.15, 0.2) is 0 Å². The number of rotatable bonds is 6. The Bertz CT molecular complexity index is 231. The zero-order valence-corrected chi connectivity index (χ0v) is 11.4. The number of hydrogen-bond acceptors (Lipinski definition) is 2. The van der Waals surface area contributed by atoms with Crippen LogP contribution in [0.2, 0.25) is 0 Å². The summed E-state index contributed by atoms with van der Waals surface area (Å²) in [5, 5.41) is 3.52. The highest BCUT2D eigenvalue weighted by Crippen LogP contribution is 2.23. The summed E-state index contributed by atoms with van der Waals surface area (Å²) < 4.78 is 36.2. The van der Waals surface area contributed by atoms with E-state index >= 15 is 0 Å². The van der Waals surface area contributed by atoms with E-state index < -0.39 is 12.6 Å². The predicted molar refractivity (Wildman–Crippen MR) is 67.6 cm³/mol. The summed E-state index contributed by atoms with van der Waals surface area (Å²) in [5.74, 6) is 0.524. The first-order chi connectivity index (χ1) is 8.42. The van der Waals surface area contributed by atoms with Crippen LogP contribution in [0.1, 0.15) is 39.5 Å². The van der Waals surface area contributed by atoms with Gasteiger partial charge in [-0.15, -0.1) is 0 Å². The second-order valence-electron chi connectivity index (χ2n) is 5.35. The van der Waals surface area contributed by atoms with Gasteiger partial charge in [-0.05, 0) is 44.8 Å². The normalized spacial score (nSPS) is 26.5. The fourth-order valence-electron chi connectivity index (χ4n) is 2.57. The number of piperidine rings is 1. The molecule has 18 heavy (non-hydrogen) atoms. The van der Waals surface area contributed by atoms with Crippen LogP contribution in [0.3, 0.4) is 0 Å². The van der Waals surface area contributed by atoms with Crippen molar-refractivity contribution in [2.75, 3.05) is 26.2 Å². The number of nitrogens with one attached hydrogen (secondary N) is 1. The molecule has 0 radical (unpaired) electrons. The van der Waals surface area contributed by atoms with E-state index in [0.29, 0.717) is 18.5 Å². The lowest BCUT2D eigenvalue weighted by atomic mass is 9.93. The zero-order chi connectivity index (χ0) is 13.6. The summed E-state index contributed by atoms with van der Waals surface area (Å²) >= 11 is 0. The highest BCUT2D eigenvalue weighted by molar-refractivity contribution is 4.82. The highest BCUT2D eigenvalue weighted by Gasteiger charge is 2.28. The SMILES string of the molecule is CCCNC1CCN(CCCC(F)(F)F)CC1C. The van der Waals surface area contributed by atoms with Gasteiger partial charge < -0.3 is 10.2 Å². The number of likely N-dealkylation sites (tertiary alicyclic amines) is 1. The first-order valence-corrected chi connectivity index (χ1v) is 6.95. The molecule has 0 spiro atoms. The summed E-state index contributed by atoms with van der Waals surface area (Å²) in [6, 6.07) is 0.531. The molecule has 0 aliphatic carbocycles. The molecule has 0 aromatic carbocycles. The van der Waals surface area contributed by atoms with E-state index in [1.807, 2.05) is 0 Å². The Labute approximate surface area is 108 Å². The number of hydrogen-bond donors (Lipinski definition) is 1. The molecule has 1 rings (SSSR count). The Morgan fingerprint density at radius 2 is 2.06 bits per heavy atom. The van der Waals surface area contributed by atoms with E-state index in [1.54, 1.807) is 0 Å². The van der Waals surface area contributed by atoms with Gasteiger partial charge in [0.1, 0.15) is 0 Å². The first kappa shape index (κ1) is 15.8. The third kappa shape index (κ3) is 6.05. The third-order valence-corrected chi connectivity index (χ3v) is 3.58. The second-order valence-corrected chi connectivity index (χ2v) is 5.35. The Balaban J connectivity index is 2.20. The van der Waals surface area contributed by atoms with Crippen LogP contribution in [-0.4, -0.2) is 43.3 Å². The molecular weight excluding hydrogens is 241 g/mol. The van der Waals surface area contributed by atoms with Crippen LogP contribution in [0.25, 0.3) is 0 Å². The average molecular weight is 266 g/mol. The van der Waals surface area contributed by atoms with Crippen molar-refractivity contribution in [2.45, 2.75) is 51.7 Å². The van der Waals surface area contributed by atoms with Gasteiger partial charge in [-0.3, -0.25) is 0 Å². The predicted octanol–water partition coefficient (Wildman–Crippen LogP) is 3.04. The molecular formula is C13H25F3N2. The van der Waals surface area contributed by atoms with Gasteiger partial charge in [0.05, 0.1) is 0 Å². The summed E-state index contributed by atoms with van der Waals surface area (Å²) in [6.45, 7) is 7.77. The van der Waals surface area contributed by atoms with Crippen molar-refractivity contribution in [1.82, 2.24) is 10.2 Å². The molecule has 1 saturated heterocycles. The van der Waals surface area contributed by atoms with Crippen LogP contribution in [0.15, 0.2) is 0 Å². The summed E-state index contributed by atoms with van der Waals surface area (Å²) in [4.78, 5) is 2.17. The van der Waals surface area contributed by atoms with Crippen molar-refractivity contribution in [3.63, 3.8) is 0 Å². The highest BCUT2D eigenvalue weighted by atomic mass is 19.4. The molecule has 1 aliphatic heterocycles. The minimum atomic E-state index is -4.01. The molecule has 0 aromatic rings. The lowest BCUT2D eigenvalue weighted by Gasteiger charge is -2.37. The quantitative estimate of drug-likeness (QED) is 0.795. The lowest BCUT2D eigenvalue weighted by Crippen LogP contribution is -2.48. The largest absolute Gasteiger partial charge is 0.389 e. The van der Waals surface area contributed by atoms with E-state index in [1.165, 1.54) is 0 Å². The van der Waals surface area contributed by atoms with Crippen molar-refractivity contribution in [2.24, 2.45) is 5.92 Å². The van der Waals surface area contributed by atoms with Crippen molar-refractivity contribution < 1.29 is 13.2 Å². The molecule has 2 atom stereocenters. The minimum absolute atomic E-state index is 0.225. The summed E-state index contributed by atoms with van der Waals surface area (Å²) in [5.41, 5.74) is 0. The van der Waals surface area contributed by atoms with Crippen molar-refractivity contribution in [1.29, 1.82) is 0 Å². The van der Waals surface area contributed by atoms with Crippen LogP contribution in [0.5, 0.6) is 0 Å². The Morgan fingerprint density at radius 1 is 1.33 bits per heavy atom. The zero-order valence-electron chi connectivity index (χ0n) is 11.4. The maximum absolute atomic E-state index is 12.1. The van der Waals surface area contributed by atoms with Crippen LogP contribution < -0.4 is 5.32 Å². The Morgan fingerprint density at radius 3 is 2.61 bits per heavy atom. The van der Waals surface area contributed by atoms with Gasteiger partial charge in [-0.25, -0.2) is 0 Å².